The molecule has 0 radical (unpaired) electrons. The predicted octanol–water partition coefficient (Wildman–Crippen LogP) is 1.66. The van der Waals surface area contributed by atoms with Crippen LogP contribution in [0, 0.1) is 0 Å². The van der Waals surface area contributed by atoms with E-state index in [2.05, 4.69) is 15.3 Å². The van der Waals surface area contributed by atoms with Gasteiger partial charge in [0, 0.05) is 12.7 Å². The van der Waals surface area contributed by atoms with E-state index >= 15 is 0 Å². The van der Waals surface area contributed by atoms with Gasteiger partial charge in [-0.15, -0.1) is 0 Å². The number of carbonyl (C=O) groups is 1. The molecular weight excluding hydrogens is 302 g/mol. The molecule has 1 aliphatic rings. The number of nitrogens with two attached hydrogens (primary N) is 2. The maximum atomic E-state index is 11.8. The number of hydrogen-bond donors (Lipinski definition) is 3. The van der Waals surface area contributed by atoms with Crippen LogP contribution in [-0.4, -0.2) is 40.1 Å². The van der Waals surface area contributed by atoms with E-state index in [1.165, 1.54) is 31.7 Å². The molecule has 1 aromatic heterocycles. The third kappa shape index (κ3) is 6.07. The highest BCUT2D eigenvalue weighted by Crippen LogP contribution is 2.21. The lowest BCUT2D eigenvalue weighted by Gasteiger charge is -2.10. The van der Waals surface area contributed by atoms with Gasteiger partial charge in [-0.3, -0.25) is 4.79 Å². The number of nitrogens with zero attached hydrogens (tertiary/aromatic N) is 2. The van der Waals surface area contributed by atoms with Crippen molar-refractivity contribution in [3.8, 4) is 0 Å². The first kappa shape index (κ1) is 16.8. The summed E-state index contributed by atoms with van der Waals surface area (Å²) in [6.45, 7) is 0.776. The Bertz CT molecular complexity index is 474. The Kier molecular flexibility index (Phi) is 6.73. The molecule has 8 heteroatoms. The Balaban J connectivity index is 1.55. The summed E-state index contributed by atoms with van der Waals surface area (Å²) in [5.74, 6) is 1.76. The highest BCUT2D eigenvalue weighted by molar-refractivity contribution is 7.99. The largest absolute Gasteiger partial charge is 0.383 e. The van der Waals surface area contributed by atoms with Crippen molar-refractivity contribution >= 4 is 35.3 Å². The summed E-state index contributed by atoms with van der Waals surface area (Å²) in [5, 5.41) is 2.66. The van der Waals surface area contributed by atoms with E-state index in [1.807, 2.05) is 0 Å². The van der Waals surface area contributed by atoms with Gasteiger partial charge in [-0.1, -0.05) is 12.8 Å². The van der Waals surface area contributed by atoms with E-state index in [4.69, 9.17) is 16.2 Å². The Labute approximate surface area is 134 Å². The summed E-state index contributed by atoms with van der Waals surface area (Å²) in [6.07, 6.45) is 6.39. The number of nitrogen functional groups attached to an aromatic ring is 2. The van der Waals surface area contributed by atoms with Crippen LogP contribution in [0.15, 0.2) is 6.07 Å². The zero-order valence-corrected chi connectivity index (χ0v) is 13.4. The van der Waals surface area contributed by atoms with Crippen molar-refractivity contribution < 1.29 is 9.53 Å². The molecule has 7 nitrogen and oxygen atoms in total. The lowest BCUT2D eigenvalue weighted by molar-refractivity contribution is -0.113. The number of rotatable bonds is 8. The zero-order valence-electron chi connectivity index (χ0n) is 12.6. The van der Waals surface area contributed by atoms with Gasteiger partial charge in [-0.25, -0.2) is 0 Å². The summed E-state index contributed by atoms with van der Waals surface area (Å²) < 4.78 is 5.77. The van der Waals surface area contributed by atoms with E-state index < -0.39 is 0 Å². The first-order chi connectivity index (χ1) is 10.6. The summed E-state index contributed by atoms with van der Waals surface area (Å²) >= 11 is 1.57. The molecule has 0 saturated heterocycles. The number of ether oxygens (including phenoxy) is 1. The van der Waals surface area contributed by atoms with Crippen molar-refractivity contribution in [2.45, 2.75) is 38.2 Å². The first-order valence-electron chi connectivity index (χ1n) is 7.53. The van der Waals surface area contributed by atoms with Gasteiger partial charge in [-0.2, -0.15) is 21.7 Å². The highest BCUT2D eigenvalue weighted by atomic mass is 32.2. The van der Waals surface area contributed by atoms with Crippen molar-refractivity contribution in [1.29, 1.82) is 0 Å². The second-order valence-corrected chi connectivity index (χ2v) is 6.37. The molecule has 0 atom stereocenters. The van der Waals surface area contributed by atoms with Gasteiger partial charge < -0.3 is 21.5 Å². The summed E-state index contributed by atoms with van der Waals surface area (Å²) in [7, 11) is 0. The van der Waals surface area contributed by atoms with E-state index in [1.54, 1.807) is 11.8 Å². The number of amides is 1. The SMILES string of the molecule is Nc1cc(NC(=O)CSCCCOC2CCCC2)nc(N)n1. The minimum Gasteiger partial charge on any atom is -0.383 e. The molecule has 1 amide bonds. The molecule has 0 aromatic carbocycles. The van der Waals surface area contributed by atoms with Crippen molar-refractivity contribution in [2.24, 2.45) is 0 Å². The molecule has 0 bridgehead atoms. The monoisotopic (exact) mass is 325 g/mol. The minimum absolute atomic E-state index is 0.0482. The standard InChI is InChI=1S/C14H23N5O2S/c15-11-8-12(19-14(16)17-11)18-13(20)9-22-7-3-6-21-10-4-1-2-5-10/h8,10H,1-7,9H2,(H5,15,16,17,18,19,20). The van der Waals surface area contributed by atoms with E-state index in [9.17, 15) is 4.79 Å². The molecule has 1 heterocycles. The maximum absolute atomic E-state index is 11.8. The normalized spacial score (nSPS) is 15.1. The van der Waals surface area contributed by atoms with Gasteiger partial charge >= 0.3 is 0 Å². The number of aromatic nitrogens is 2. The Morgan fingerprint density at radius 2 is 2.14 bits per heavy atom. The third-order valence-electron chi connectivity index (χ3n) is 3.35. The second-order valence-electron chi connectivity index (χ2n) is 5.27. The fourth-order valence-corrected chi connectivity index (χ4v) is 3.08. The van der Waals surface area contributed by atoms with Crippen LogP contribution < -0.4 is 16.8 Å². The average molecular weight is 325 g/mol. The van der Waals surface area contributed by atoms with E-state index in [-0.39, 0.29) is 17.7 Å². The molecule has 0 unspecified atom stereocenters. The van der Waals surface area contributed by atoms with Gasteiger partial charge in [0.2, 0.25) is 11.9 Å². The van der Waals surface area contributed by atoms with Crippen LogP contribution in [0.4, 0.5) is 17.6 Å². The molecule has 0 aliphatic heterocycles. The molecule has 2 rings (SSSR count). The first-order valence-corrected chi connectivity index (χ1v) is 8.68. The van der Waals surface area contributed by atoms with Crippen molar-refractivity contribution in [3.05, 3.63) is 6.07 Å². The van der Waals surface area contributed by atoms with Crippen molar-refractivity contribution in [2.75, 3.05) is 34.9 Å². The van der Waals surface area contributed by atoms with Gasteiger partial charge in [-0.05, 0) is 25.0 Å². The molecular formula is C14H23N5O2S. The van der Waals surface area contributed by atoms with Gasteiger partial charge in [0.05, 0.1) is 11.9 Å². The molecule has 1 aromatic rings. The van der Waals surface area contributed by atoms with Crippen LogP contribution in [-0.2, 0) is 9.53 Å². The van der Waals surface area contributed by atoms with Crippen LogP contribution >= 0.6 is 11.8 Å². The Morgan fingerprint density at radius 3 is 2.86 bits per heavy atom. The molecule has 5 N–H and O–H groups in total. The molecule has 0 spiro atoms. The topological polar surface area (TPSA) is 116 Å². The van der Waals surface area contributed by atoms with Crippen molar-refractivity contribution in [3.63, 3.8) is 0 Å². The Hall–Kier alpha value is -1.54. The van der Waals surface area contributed by atoms with Crippen molar-refractivity contribution in [1.82, 2.24) is 9.97 Å². The van der Waals surface area contributed by atoms with Crippen LogP contribution in [0.25, 0.3) is 0 Å². The maximum Gasteiger partial charge on any atom is 0.235 e. The number of carbonyl (C=O) groups excluding carboxylic acids is 1. The van der Waals surface area contributed by atoms with E-state index in [0.29, 0.717) is 17.7 Å². The predicted molar refractivity (Wildman–Crippen MR) is 89.6 cm³/mol. The highest BCUT2D eigenvalue weighted by Gasteiger charge is 2.14. The lowest BCUT2D eigenvalue weighted by Crippen LogP contribution is -2.16. The van der Waals surface area contributed by atoms with Gasteiger partial charge in [0.15, 0.2) is 0 Å². The fourth-order valence-electron chi connectivity index (χ4n) is 2.36. The lowest BCUT2D eigenvalue weighted by atomic mass is 10.3. The molecule has 122 valence electrons. The summed E-state index contributed by atoms with van der Waals surface area (Å²) in [4.78, 5) is 19.4. The second kappa shape index (κ2) is 8.79. The zero-order chi connectivity index (χ0) is 15.8. The number of nitrogens with one attached hydrogen (secondary N) is 1. The number of hydrogen-bond acceptors (Lipinski definition) is 7. The third-order valence-corrected chi connectivity index (χ3v) is 4.40. The molecule has 1 aliphatic carbocycles. The van der Waals surface area contributed by atoms with Gasteiger partial charge in [0.1, 0.15) is 11.6 Å². The smallest absolute Gasteiger partial charge is 0.235 e. The minimum atomic E-state index is -0.126. The average Bonchev–Trinajstić information content (AvgIpc) is 2.94. The quantitative estimate of drug-likeness (QED) is 0.622. The fraction of sp³-hybridized carbons (Fsp3) is 0.643. The number of thioether (sulfide) groups is 1. The van der Waals surface area contributed by atoms with Crippen LogP contribution in [0.3, 0.4) is 0 Å². The number of anilines is 3. The Morgan fingerprint density at radius 1 is 1.36 bits per heavy atom. The summed E-state index contributed by atoms with van der Waals surface area (Å²) in [6, 6.07) is 1.48. The molecule has 1 fully saturated rings. The van der Waals surface area contributed by atoms with Crippen LogP contribution in [0.5, 0.6) is 0 Å². The van der Waals surface area contributed by atoms with Crippen LogP contribution in [0.1, 0.15) is 32.1 Å². The van der Waals surface area contributed by atoms with E-state index in [0.717, 1.165) is 18.8 Å². The van der Waals surface area contributed by atoms with Gasteiger partial charge in [0.25, 0.3) is 0 Å². The molecule has 22 heavy (non-hydrogen) atoms. The van der Waals surface area contributed by atoms with Crippen LogP contribution in [0.2, 0.25) is 0 Å². The molecule has 1 saturated carbocycles. The summed E-state index contributed by atoms with van der Waals surface area (Å²) in [5.41, 5.74) is 11.0.